The molecule has 1 unspecified atom stereocenters. The zero-order valence-electron chi connectivity index (χ0n) is 11.7. The molecule has 0 spiro atoms. The molecule has 1 fully saturated rings. The van der Waals surface area contributed by atoms with Crippen molar-refractivity contribution in [2.75, 3.05) is 31.1 Å². The zero-order chi connectivity index (χ0) is 13.1. The van der Waals surface area contributed by atoms with E-state index in [0.717, 1.165) is 26.1 Å². The van der Waals surface area contributed by atoms with Crippen molar-refractivity contribution < 1.29 is 5.11 Å². The van der Waals surface area contributed by atoms with E-state index in [1.165, 1.54) is 22.4 Å². The standard InChI is InChI=1S/C15H24N2O/c1-11-7-12(2)15(13(3)8-11)17-6-4-5-16-14(9-17)10-18/h7-8,14,16,18H,4-6,9-10H2,1-3H3. The third-order valence-electron chi connectivity index (χ3n) is 3.65. The highest BCUT2D eigenvalue weighted by molar-refractivity contribution is 5.60. The van der Waals surface area contributed by atoms with Crippen LogP contribution in [0.1, 0.15) is 23.1 Å². The van der Waals surface area contributed by atoms with Crippen molar-refractivity contribution in [3.63, 3.8) is 0 Å². The number of aryl methyl sites for hydroxylation is 3. The third-order valence-corrected chi connectivity index (χ3v) is 3.65. The van der Waals surface area contributed by atoms with Crippen LogP contribution >= 0.6 is 0 Å². The van der Waals surface area contributed by atoms with Gasteiger partial charge in [-0.05, 0) is 44.9 Å². The molecular formula is C15H24N2O. The van der Waals surface area contributed by atoms with E-state index in [4.69, 9.17) is 0 Å². The van der Waals surface area contributed by atoms with Gasteiger partial charge in [-0.2, -0.15) is 0 Å². The predicted molar refractivity (Wildman–Crippen MR) is 76.4 cm³/mol. The van der Waals surface area contributed by atoms with E-state index < -0.39 is 0 Å². The Kier molecular flexibility index (Phi) is 4.25. The van der Waals surface area contributed by atoms with Crippen molar-refractivity contribution in [2.45, 2.75) is 33.2 Å². The lowest BCUT2D eigenvalue weighted by Crippen LogP contribution is -2.40. The van der Waals surface area contributed by atoms with Crippen LogP contribution in [0.2, 0.25) is 0 Å². The first-order chi connectivity index (χ1) is 8.61. The van der Waals surface area contributed by atoms with Gasteiger partial charge >= 0.3 is 0 Å². The lowest BCUT2D eigenvalue weighted by molar-refractivity contribution is 0.248. The molecule has 1 atom stereocenters. The number of hydrogen-bond acceptors (Lipinski definition) is 3. The number of aliphatic hydroxyl groups is 1. The molecule has 2 rings (SSSR count). The fraction of sp³-hybridized carbons (Fsp3) is 0.600. The molecule has 1 aliphatic heterocycles. The Morgan fingerprint density at radius 2 is 1.94 bits per heavy atom. The normalized spacial score (nSPS) is 20.9. The first-order valence-electron chi connectivity index (χ1n) is 6.79. The van der Waals surface area contributed by atoms with Crippen LogP contribution in [-0.2, 0) is 0 Å². The summed E-state index contributed by atoms with van der Waals surface area (Å²) in [7, 11) is 0. The maximum atomic E-state index is 9.37. The summed E-state index contributed by atoms with van der Waals surface area (Å²) >= 11 is 0. The van der Waals surface area contributed by atoms with Gasteiger partial charge in [0.15, 0.2) is 0 Å². The summed E-state index contributed by atoms with van der Waals surface area (Å²) in [5, 5.41) is 12.8. The molecular weight excluding hydrogens is 224 g/mol. The Bertz CT molecular complexity index is 394. The highest BCUT2D eigenvalue weighted by Crippen LogP contribution is 2.27. The second kappa shape index (κ2) is 5.72. The monoisotopic (exact) mass is 248 g/mol. The Balaban J connectivity index is 2.29. The van der Waals surface area contributed by atoms with Gasteiger partial charge in [0.05, 0.1) is 6.61 Å². The zero-order valence-corrected chi connectivity index (χ0v) is 11.7. The molecule has 100 valence electrons. The summed E-state index contributed by atoms with van der Waals surface area (Å²) in [5.41, 5.74) is 5.35. The van der Waals surface area contributed by atoms with Crippen molar-refractivity contribution in [1.82, 2.24) is 5.32 Å². The topological polar surface area (TPSA) is 35.5 Å². The van der Waals surface area contributed by atoms with Crippen LogP contribution in [0.5, 0.6) is 0 Å². The first kappa shape index (κ1) is 13.4. The van der Waals surface area contributed by atoms with Gasteiger partial charge in [0.2, 0.25) is 0 Å². The summed E-state index contributed by atoms with van der Waals surface area (Å²) in [6, 6.07) is 4.68. The molecule has 1 aromatic rings. The van der Waals surface area contributed by atoms with Gasteiger partial charge in [-0.15, -0.1) is 0 Å². The second-order valence-corrected chi connectivity index (χ2v) is 5.38. The van der Waals surface area contributed by atoms with Crippen LogP contribution in [0, 0.1) is 20.8 Å². The molecule has 3 heteroatoms. The first-order valence-corrected chi connectivity index (χ1v) is 6.79. The average Bonchev–Trinajstić information content (AvgIpc) is 2.53. The van der Waals surface area contributed by atoms with Crippen molar-refractivity contribution in [1.29, 1.82) is 0 Å². The number of anilines is 1. The summed E-state index contributed by atoms with van der Waals surface area (Å²) in [5.74, 6) is 0. The predicted octanol–water partition coefficient (Wildman–Crippen LogP) is 1.77. The quantitative estimate of drug-likeness (QED) is 0.837. The fourth-order valence-corrected chi connectivity index (χ4v) is 2.99. The van der Waals surface area contributed by atoms with Crippen molar-refractivity contribution in [2.24, 2.45) is 0 Å². The smallest absolute Gasteiger partial charge is 0.0601 e. The maximum Gasteiger partial charge on any atom is 0.0601 e. The third kappa shape index (κ3) is 2.85. The van der Waals surface area contributed by atoms with Crippen LogP contribution in [0.25, 0.3) is 0 Å². The molecule has 0 bridgehead atoms. The molecule has 2 N–H and O–H groups in total. The lowest BCUT2D eigenvalue weighted by Gasteiger charge is -2.29. The number of aliphatic hydroxyl groups excluding tert-OH is 1. The van der Waals surface area contributed by atoms with Crippen LogP contribution in [-0.4, -0.2) is 37.4 Å². The Morgan fingerprint density at radius 3 is 2.56 bits per heavy atom. The summed E-state index contributed by atoms with van der Waals surface area (Å²) < 4.78 is 0. The van der Waals surface area contributed by atoms with Crippen LogP contribution < -0.4 is 10.2 Å². The minimum absolute atomic E-state index is 0.188. The van der Waals surface area contributed by atoms with Crippen LogP contribution in [0.4, 0.5) is 5.69 Å². The molecule has 1 aliphatic rings. The molecule has 1 saturated heterocycles. The van der Waals surface area contributed by atoms with Crippen molar-refractivity contribution in [3.05, 3.63) is 28.8 Å². The van der Waals surface area contributed by atoms with Gasteiger partial charge in [0.1, 0.15) is 0 Å². The summed E-state index contributed by atoms with van der Waals surface area (Å²) in [4.78, 5) is 2.42. The van der Waals surface area contributed by atoms with Gasteiger partial charge in [0.25, 0.3) is 0 Å². The van der Waals surface area contributed by atoms with Crippen molar-refractivity contribution >= 4 is 5.69 Å². The summed E-state index contributed by atoms with van der Waals surface area (Å²) in [6.45, 7) is 9.66. The number of rotatable bonds is 2. The van der Waals surface area contributed by atoms with Crippen LogP contribution in [0.15, 0.2) is 12.1 Å². The van der Waals surface area contributed by atoms with Gasteiger partial charge in [-0.25, -0.2) is 0 Å². The van der Waals surface area contributed by atoms with E-state index in [-0.39, 0.29) is 12.6 Å². The number of nitrogens with one attached hydrogen (secondary N) is 1. The maximum absolute atomic E-state index is 9.37. The van der Waals surface area contributed by atoms with E-state index in [9.17, 15) is 5.11 Å². The highest BCUT2D eigenvalue weighted by Gasteiger charge is 2.19. The van der Waals surface area contributed by atoms with E-state index in [1.807, 2.05) is 0 Å². The molecule has 0 saturated carbocycles. The van der Waals surface area contributed by atoms with E-state index in [1.54, 1.807) is 0 Å². The van der Waals surface area contributed by atoms with Crippen LogP contribution in [0.3, 0.4) is 0 Å². The molecule has 0 radical (unpaired) electrons. The van der Waals surface area contributed by atoms with E-state index in [0.29, 0.717) is 0 Å². The van der Waals surface area contributed by atoms with Gasteiger partial charge in [-0.1, -0.05) is 17.7 Å². The molecule has 1 aromatic carbocycles. The van der Waals surface area contributed by atoms with Crippen molar-refractivity contribution in [3.8, 4) is 0 Å². The van der Waals surface area contributed by atoms with Gasteiger partial charge < -0.3 is 15.3 Å². The number of nitrogens with zero attached hydrogens (tertiary/aromatic N) is 1. The number of benzene rings is 1. The van der Waals surface area contributed by atoms with E-state index in [2.05, 4.69) is 43.1 Å². The molecule has 0 aliphatic carbocycles. The Labute approximate surface area is 110 Å². The number of hydrogen-bond donors (Lipinski definition) is 2. The van der Waals surface area contributed by atoms with E-state index >= 15 is 0 Å². The lowest BCUT2D eigenvalue weighted by atomic mass is 10.0. The largest absolute Gasteiger partial charge is 0.395 e. The second-order valence-electron chi connectivity index (χ2n) is 5.38. The Morgan fingerprint density at radius 1 is 1.28 bits per heavy atom. The summed E-state index contributed by atoms with van der Waals surface area (Å²) in [6.07, 6.45) is 1.13. The molecule has 0 amide bonds. The molecule has 18 heavy (non-hydrogen) atoms. The van der Waals surface area contributed by atoms with Gasteiger partial charge in [0, 0.05) is 24.8 Å². The Hall–Kier alpha value is -1.06. The molecule has 0 aromatic heterocycles. The SMILES string of the molecule is Cc1cc(C)c(N2CCCNC(CO)C2)c(C)c1. The average molecular weight is 248 g/mol. The molecule has 1 heterocycles. The van der Waals surface area contributed by atoms with Gasteiger partial charge in [-0.3, -0.25) is 0 Å². The minimum atomic E-state index is 0.188. The minimum Gasteiger partial charge on any atom is -0.395 e. The molecule has 3 nitrogen and oxygen atoms in total. The fourth-order valence-electron chi connectivity index (χ4n) is 2.99. The highest BCUT2D eigenvalue weighted by atomic mass is 16.3.